The van der Waals surface area contributed by atoms with Crippen LogP contribution >= 0.6 is 7.82 Å². The predicted octanol–water partition coefficient (Wildman–Crippen LogP) is 18.3. The van der Waals surface area contributed by atoms with E-state index in [4.69, 9.17) is 23.3 Å². The van der Waals surface area contributed by atoms with Crippen molar-refractivity contribution in [2.24, 2.45) is 0 Å². The van der Waals surface area contributed by atoms with Crippen molar-refractivity contribution in [1.82, 2.24) is 0 Å². The number of carbonyl (C=O) groups is 3. The summed E-state index contributed by atoms with van der Waals surface area (Å²) in [5.74, 6) is -1.50. The van der Waals surface area contributed by atoms with Gasteiger partial charge in [-0.25, -0.2) is 4.57 Å². The largest absolute Gasteiger partial charge is 0.472 e. The van der Waals surface area contributed by atoms with Crippen LogP contribution in [0.4, 0.5) is 0 Å². The molecule has 0 bridgehead atoms. The second-order valence-corrected chi connectivity index (χ2v) is 21.6. The first-order valence-electron chi connectivity index (χ1n) is 30.5. The molecule has 3 unspecified atom stereocenters. The first-order valence-corrected chi connectivity index (χ1v) is 32.0. The number of rotatable bonds is 56. The molecule has 438 valence electrons. The molecule has 0 aliphatic heterocycles. The maximum Gasteiger partial charge on any atom is 0.472 e. The smallest absolute Gasteiger partial charge is 0.462 e. The predicted molar refractivity (Wildman–Crippen MR) is 316 cm³/mol. The molecular formula is C64H111O11P. The Labute approximate surface area is 464 Å². The molecule has 76 heavy (non-hydrogen) atoms. The summed E-state index contributed by atoms with van der Waals surface area (Å²) in [6.07, 6.45) is 66.7. The van der Waals surface area contributed by atoms with Gasteiger partial charge in [-0.1, -0.05) is 215 Å². The fraction of sp³-hybridized carbons (Fsp3) is 0.734. The standard InChI is InChI=1S/C64H111O11P/c1-4-7-10-13-16-19-22-25-27-29-30-32-33-36-38-41-44-47-50-53-62(66)71-57-61(75-64(68)55-52-49-46-43-40-37-34-31-28-26-23-20-17-14-11-8-5-2)59-73-76(69,70)72-58-60(56-65)74-63(67)54-51-48-45-42-39-35-24-21-18-15-12-9-6-3/h7,10,16-17,19-21,24-28,30,32,60-61,65H,4-6,8-9,11-15,18,22-23,29,31,33-59H2,1-3H3,(H,69,70)/b10-7-,19-16-,20-17-,24-21-,27-25-,28-26-,32-30-. The van der Waals surface area contributed by atoms with Gasteiger partial charge in [0.15, 0.2) is 6.10 Å². The lowest BCUT2D eigenvalue weighted by atomic mass is 10.1. The number of aliphatic hydroxyl groups is 1. The van der Waals surface area contributed by atoms with Crippen molar-refractivity contribution in [2.75, 3.05) is 26.4 Å². The highest BCUT2D eigenvalue weighted by Crippen LogP contribution is 2.43. The van der Waals surface area contributed by atoms with E-state index in [0.717, 1.165) is 141 Å². The summed E-state index contributed by atoms with van der Waals surface area (Å²) in [4.78, 5) is 48.6. The van der Waals surface area contributed by atoms with Crippen molar-refractivity contribution in [3.8, 4) is 0 Å². The summed E-state index contributed by atoms with van der Waals surface area (Å²) in [6.45, 7) is 4.47. The minimum atomic E-state index is -4.76. The van der Waals surface area contributed by atoms with Crippen molar-refractivity contribution in [3.63, 3.8) is 0 Å². The third kappa shape index (κ3) is 55.4. The van der Waals surface area contributed by atoms with Crippen LogP contribution in [0.1, 0.15) is 265 Å². The van der Waals surface area contributed by atoms with E-state index in [1.165, 1.54) is 64.2 Å². The van der Waals surface area contributed by atoms with Crippen LogP contribution in [-0.2, 0) is 42.2 Å². The molecule has 0 aliphatic rings. The molecule has 0 rings (SSSR count). The number of hydrogen-bond donors (Lipinski definition) is 2. The molecule has 0 aliphatic carbocycles. The van der Waals surface area contributed by atoms with Crippen LogP contribution in [-0.4, -0.2) is 66.5 Å². The average molecular weight is 1090 g/mol. The molecule has 0 spiro atoms. The third-order valence-corrected chi connectivity index (χ3v) is 13.7. The van der Waals surface area contributed by atoms with E-state index in [-0.39, 0.29) is 25.9 Å². The summed E-state index contributed by atoms with van der Waals surface area (Å²) in [5.41, 5.74) is 0. The minimum Gasteiger partial charge on any atom is -0.462 e. The summed E-state index contributed by atoms with van der Waals surface area (Å²) < 4.78 is 39.6. The first-order chi connectivity index (χ1) is 37.2. The van der Waals surface area contributed by atoms with Crippen LogP contribution in [0.25, 0.3) is 0 Å². The maximum absolute atomic E-state index is 12.9. The van der Waals surface area contributed by atoms with E-state index in [9.17, 15) is 28.9 Å². The van der Waals surface area contributed by atoms with Crippen molar-refractivity contribution in [2.45, 2.75) is 277 Å². The van der Waals surface area contributed by atoms with Crippen molar-refractivity contribution in [1.29, 1.82) is 0 Å². The molecular weight excluding hydrogens is 976 g/mol. The second-order valence-electron chi connectivity index (χ2n) is 20.1. The molecule has 0 radical (unpaired) electrons. The van der Waals surface area contributed by atoms with Gasteiger partial charge in [-0.3, -0.25) is 23.4 Å². The zero-order valence-corrected chi connectivity index (χ0v) is 49.3. The summed E-state index contributed by atoms with van der Waals surface area (Å²) >= 11 is 0. The molecule has 0 aromatic carbocycles. The average Bonchev–Trinajstić information content (AvgIpc) is 3.41. The Morgan fingerprint density at radius 1 is 0.382 bits per heavy atom. The number of aliphatic hydroxyl groups excluding tert-OH is 1. The highest BCUT2D eigenvalue weighted by molar-refractivity contribution is 7.47. The normalized spacial score (nSPS) is 13.9. The van der Waals surface area contributed by atoms with Crippen molar-refractivity contribution < 1.29 is 52.2 Å². The van der Waals surface area contributed by atoms with Gasteiger partial charge < -0.3 is 24.2 Å². The van der Waals surface area contributed by atoms with E-state index in [0.29, 0.717) is 19.3 Å². The van der Waals surface area contributed by atoms with E-state index in [2.05, 4.69) is 106 Å². The highest BCUT2D eigenvalue weighted by Gasteiger charge is 2.28. The Hall–Kier alpha value is -3.34. The summed E-state index contributed by atoms with van der Waals surface area (Å²) in [5, 5.41) is 9.82. The number of ether oxygens (including phenoxy) is 3. The topological polar surface area (TPSA) is 155 Å². The van der Waals surface area contributed by atoms with Crippen molar-refractivity contribution >= 4 is 25.7 Å². The van der Waals surface area contributed by atoms with Gasteiger partial charge in [0.2, 0.25) is 0 Å². The van der Waals surface area contributed by atoms with Crippen LogP contribution in [0.3, 0.4) is 0 Å². The zero-order valence-electron chi connectivity index (χ0n) is 48.5. The lowest BCUT2D eigenvalue weighted by Gasteiger charge is -2.21. The van der Waals surface area contributed by atoms with Gasteiger partial charge in [-0.05, 0) is 116 Å². The number of phosphoric acid groups is 1. The van der Waals surface area contributed by atoms with Gasteiger partial charge in [0.25, 0.3) is 0 Å². The number of phosphoric ester groups is 1. The molecule has 0 saturated carbocycles. The van der Waals surface area contributed by atoms with Crippen LogP contribution in [0, 0.1) is 0 Å². The second kappa shape index (κ2) is 57.8. The highest BCUT2D eigenvalue weighted by atomic mass is 31.2. The van der Waals surface area contributed by atoms with E-state index < -0.39 is 57.8 Å². The van der Waals surface area contributed by atoms with Gasteiger partial charge in [0.05, 0.1) is 19.8 Å². The molecule has 12 heteroatoms. The molecule has 0 amide bonds. The molecule has 0 aromatic heterocycles. The quantitative estimate of drug-likeness (QED) is 0.0197. The lowest BCUT2D eigenvalue weighted by Crippen LogP contribution is -2.30. The monoisotopic (exact) mass is 1090 g/mol. The fourth-order valence-electron chi connectivity index (χ4n) is 8.14. The Morgan fingerprint density at radius 2 is 0.684 bits per heavy atom. The van der Waals surface area contributed by atoms with Gasteiger partial charge in [0, 0.05) is 19.3 Å². The number of esters is 3. The summed E-state index contributed by atoms with van der Waals surface area (Å²) in [7, 11) is -4.76. The number of hydrogen-bond acceptors (Lipinski definition) is 10. The van der Waals surface area contributed by atoms with Gasteiger partial charge in [-0.2, -0.15) is 0 Å². The van der Waals surface area contributed by atoms with Crippen molar-refractivity contribution in [3.05, 3.63) is 85.1 Å². The minimum absolute atomic E-state index is 0.152. The number of unbranched alkanes of at least 4 members (excludes halogenated alkanes) is 25. The van der Waals surface area contributed by atoms with E-state index >= 15 is 0 Å². The van der Waals surface area contributed by atoms with Gasteiger partial charge in [0.1, 0.15) is 12.7 Å². The SMILES string of the molecule is CC/C=C\C/C=C\C/C=C\C/C=C\CCCCCCCCC(=O)OCC(COP(=O)(O)OCC(CO)OC(=O)CCCCCCC/C=C\CCCCCC)OC(=O)CCCCCCCCC/C=C\C/C=C\CCCCC. The van der Waals surface area contributed by atoms with E-state index in [1.807, 2.05) is 0 Å². The Bertz CT molecular complexity index is 1600. The summed E-state index contributed by atoms with van der Waals surface area (Å²) in [6, 6.07) is 0. The molecule has 2 N–H and O–H groups in total. The van der Waals surface area contributed by atoms with Gasteiger partial charge in [-0.15, -0.1) is 0 Å². The Kier molecular flexibility index (Phi) is 55.3. The molecule has 3 atom stereocenters. The van der Waals surface area contributed by atoms with Crippen LogP contribution in [0.2, 0.25) is 0 Å². The third-order valence-electron chi connectivity index (χ3n) is 12.8. The van der Waals surface area contributed by atoms with Crippen LogP contribution in [0.15, 0.2) is 85.1 Å². The number of carbonyl (C=O) groups excluding carboxylic acids is 3. The van der Waals surface area contributed by atoms with Gasteiger partial charge >= 0.3 is 25.7 Å². The molecule has 0 saturated heterocycles. The molecule has 0 fully saturated rings. The molecule has 11 nitrogen and oxygen atoms in total. The fourth-order valence-corrected chi connectivity index (χ4v) is 8.92. The molecule has 0 heterocycles. The Morgan fingerprint density at radius 3 is 1.09 bits per heavy atom. The maximum atomic E-state index is 12.9. The van der Waals surface area contributed by atoms with Crippen LogP contribution < -0.4 is 0 Å². The molecule has 0 aromatic rings. The first kappa shape index (κ1) is 72.7. The Balaban J connectivity index is 4.76. The van der Waals surface area contributed by atoms with Crippen LogP contribution in [0.5, 0.6) is 0 Å². The lowest BCUT2D eigenvalue weighted by molar-refractivity contribution is -0.161. The van der Waals surface area contributed by atoms with E-state index in [1.54, 1.807) is 0 Å². The zero-order chi connectivity index (χ0) is 55.5. The number of allylic oxidation sites excluding steroid dienone is 14.